The average Bonchev–Trinajstić information content (AvgIpc) is 2.27. The Morgan fingerprint density at radius 3 is 2.50 bits per heavy atom. The summed E-state index contributed by atoms with van der Waals surface area (Å²) in [6.45, 7) is 5.26. The topological polar surface area (TPSA) is 55.2 Å². The summed E-state index contributed by atoms with van der Waals surface area (Å²) in [6, 6.07) is 7.16. The summed E-state index contributed by atoms with van der Waals surface area (Å²) in [5.41, 5.74) is 1.28. The average molecular weight is 222 g/mol. The summed E-state index contributed by atoms with van der Waals surface area (Å²) in [5.74, 6) is 0. The van der Waals surface area contributed by atoms with Crippen molar-refractivity contribution in [3.8, 4) is 0 Å². The fourth-order valence-electron chi connectivity index (χ4n) is 1.57. The van der Waals surface area contributed by atoms with Gasteiger partial charge < -0.3 is 5.32 Å². The Hall–Kier alpha value is -1.42. The van der Waals surface area contributed by atoms with E-state index in [0.29, 0.717) is 6.04 Å². The highest BCUT2D eigenvalue weighted by atomic mass is 16.6. The number of nitrogens with one attached hydrogen (secondary N) is 1. The minimum atomic E-state index is -0.372. The number of hydrogen-bond acceptors (Lipinski definition) is 3. The zero-order valence-electron chi connectivity index (χ0n) is 9.77. The van der Waals surface area contributed by atoms with Gasteiger partial charge in [-0.25, -0.2) is 0 Å². The van der Waals surface area contributed by atoms with Crippen LogP contribution in [0.4, 0.5) is 5.69 Å². The molecule has 0 aliphatic heterocycles. The predicted molar refractivity (Wildman–Crippen MR) is 64.6 cm³/mol. The molecule has 0 aliphatic rings. The van der Waals surface area contributed by atoms with Crippen LogP contribution >= 0.6 is 0 Å². The molecule has 0 aromatic heterocycles. The highest BCUT2D eigenvalue weighted by molar-refractivity contribution is 5.33. The molecular weight excluding hydrogens is 204 g/mol. The van der Waals surface area contributed by atoms with E-state index in [9.17, 15) is 10.1 Å². The van der Waals surface area contributed by atoms with Crippen LogP contribution < -0.4 is 5.32 Å². The molecule has 0 bridgehead atoms. The molecule has 88 valence electrons. The van der Waals surface area contributed by atoms with Crippen molar-refractivity contribution >= 4 is 5.69 Å². The molecule has 4 heteroatoms. The van der Waals surface area contributed by atoms with Gasteiger partial charge in [0.2, 0.25) is 0 Å². The van der Waals surface area contributed by atoms with Gasteiger partial charge >= 0.3 is 0 Å². The third-order valence-corrected chi connectivity index (χ3v) is 2.43. The number of nitro groups is 1. The molecule has 4 nitrogen and oxygen atoms in total. The van der Waals surface area contributed by atoms with Crippen LogP contribution in [0.1, 0.15) is 25.8 Å². The van der Waals surface area contributed by atoms with Crippen molar-refractivity contribution in [1.29, 1.82) is 0 Å². The van der Waals surface area contributed by atoms with Crippen molar-refractivity contribution in [1.82, 2.24) is 5.32 Å². The molecule has 0 amide bonds. The van der Waals surface area contributed by atoms with Gasteiger partial charge in [-0.1, -0.05) is 19.1 Å². The maximum absolute atomic E-state index is 10.5. The Balaban J connectivity index is 2.51. The first-order valence-electron chi connectivity index (χ1n) is 5.60. The van der Waals surface area contributed by atoms with Gasteiger partial charge in [-0.3, -0.25) is 10.1 Å². The summed E-state index contributed by atoms with van der Waals surface area (Å²) in [6.07, 6.45) is 2.02. The lowest BCUT2D eigenvalue weighted by molar-refractivity contribution is -0.384. The highest BCUT2D eigenvalue weighted by Crippen LogP contribution is 2.13. The molecule has 1 rings (SSSR count). The van der Waals surface area contributed by atoms with Crippen LogP contribution in [0.15, 0.2) is 24.3 Å². The van der Waals surface area contributed by atoms with E-state index >= 15 is 0 Å². The number of nitro benzene ring substituents is 1. The SMILES string of the molecule is CCCNC(C)Cc1ccc([N+](=O)[O-])cc1. The van der Waals surface area contributed by atoms with Gasteiger partial charge in [0.05, 0.1) is 4.92 Å². The molecular formula is C12H18N2O2. The van der Waals surface area contributed by atoms with Crippen molar-refractivity contribution in [3.63, 3.8) is 0 Å². The van der Waals surface area contributed by atoms with Crippen LogP contribution in [0.2, 0.25) is 0 Å². The number of non-ortho nitro benzene ring substituents is 1. The normalized spacial score (nSPS) is 12.4. The van der Waals surface area contributed by atoms with E-state index in [-0.39, 0.29) is 10.6 Å². The van der Waals surface area contributed by atoms with E-state index in [1.807, 2.05) is 12.1 Å². The quantitative estimate of drug-likeness (QED) is 0.594. The van der Waals surface area contributed by atoms with Gasteiger partial charge in [0.1, 0.15) is 0 Å². The van der Waals surface area contributed by atoms with E-state index in [0.717, 1.165) is 24.9 Å². The van der Waals surface area contributed by atoms with Crippen molar-refractivity contribution in [2.24, 2.45) is 0 Å². The molecule has 0 saturated carbocycles. The molecule has 0 aliphatic carbocycles. The Morgan fingerprint density at radius 1 is 1.38 bits per heavy atom. The fourth-order valence-corrected chi connectivity index (χ4v) is 1.57. The lowest BCUT2D eigenvalue weighted by atomic mass is 10.1. The maximum Gasteiger partial charge on any atom is 0.269 e. The van der Waals surface area contributed by atoms with Gasteiger partial charge in [0.25, 0.3) is 5.69 Å². The molecule has 1 aromatic rings. The Labute approximate surface area is 95.8 Å². The standard InChI is InChI=1S/C12H18N2O2/c1-3-8-13-10(2)9-11-4-6-12(7-5-11)14(15)16/h4-7,10,13H,3,8-9H2,1-2H3. The number of benzene rings is 1. The van der Waals surface area contributed by atoms with Crippen LogP contribution in [-0.4, -0.2) is 17.5 Å². The summed E-state index contributed by atoms with van der Waals surface area (Å²) < 4.78 is 0. The van der Waals surface area contributed by atoms with Gasteiger partial charge in [-0.05, 0) is 31.9 Å². The molecule has 0 saturated heterocycles. The first-order valence-corrected chi connectivity index (χ1v) is 5.60. The number of hydrogen-bond donors (Lipinski definition) is 1. The van der Waals surface area contributed by atoms with Crippen LogP contribution in [-0.2, 0) is 6.42 Å². The molecule has 0 heterocycles. The van der Waals surface area contributed by atoms with Gasteiger partial charge in [-0.15, -0.1) is 0 Å². The van der Waals surface area contributed by atoms with E-state index in [1.165, 1.54) is 0 Å². The second-order valence-corrected chi connectivity index (χ2v) is 3.98. The largest absolute Gasteiger partial charge is 0.314 e. The van der Waals surface area contributed by atoms with Gasteiger partial charge in [-0.2, -0.15) is 0 Å². The van der Waals surface area contributed by atoms with Crippen LogP contribution in [0.3, 0.4) is 0 Å². The number of nitrogens with zero attached hydrogens (tertiary/aromatic N) is 1. The zero-order chi connectivity index (χ0) is 12.0. The zero-order valence-corrected chi connectivity index (χ0v) is 9.77. The summed E-state index contributed by atoms with van der Waals surface area (Å²) >= 11 is 0. The highest BCUT2D eigenvalue weighted by Gasteiger charge is 2.06. The second-order valence-electron chi connectivity index (χ2n) is 3.98. The summed E-state index contributed by atoms with van der Waals surface area (Å²) in [4.78, 5) is 10.1. The smallest absolute Gasteiger partial charge is 0.269 e. The first-order chi connectivity index (χ1) is 7.63. The molecule has 0 fully saturated rings. The Bertz CT molecular complexity index is 335. The molecule has 1 N–H and O–H groups in total. The van der Waals surface area contributed by atoms with Crippen LogP contribution in [0, 0.1) is 10.1 Å². The van der Waals surface area contributed by atoms with Crippen LogP contribution in [0.25, 0.3) is 0 Å². The lowest BCUT2D eigenvalue weighted by Crippen LogP contribution is -2.28. The molecule has 1 unspecified atom stereocenters. The van der Waals surface area contributed by atoms with Crippen molar-refractivity contribution < 1.29 is 4.92 Å². The second kappa shape index (κ2) is 6.23. The predicted octanol–water partition coefficient (Wildman–Crippen LogP) is 2.53. The molecule has 1 atom stereocenters. The number of rotatable bonds is 6. The van der Waals surface area contributed by atoms with E-state index in [1.54, 1.807) is 12.1 Å². The summed E-state index contributed by atoms with van der Waals surface area (Å²) in [7, 11) is 0. The molecule has 1 aromatic carbocycles. The van der Waals surface area contributed by atoms with E-state index in [4.69, 9.17) is 0 Å². The summed E-state index contributed by atoms with van der Waals surface area (Å²) in [5, 5.41) is 13.9. The van der Waals surface area contributed by atoms with Gasteiger partial charge in [0, 0.05) is 18.2 Å². The van der Waals surface area contributed by atoms with Gasteiger partial charge in [0.15, 0.2) is 0 Å². The minimum Gasteiger partial charge on any atom is -0.314 e. The minimum absolute atomic E-state index is 0.151. The third-order valence-electron chi connectivity index (χ3n) is 2.43. The van der Waals surface area contributed by atoms with E-state index < -0.39 is 0 Å². The molecule has 0 radical (unpaired) electrons. The molecule has 16 heavy (non-hydrogen) atoms. The van der Waals surface area contributed by atoms with Crippen molar-refractivity contribution in [2.75, 3.05) is 6.54 Å². The monoisotopic (exact) mass is 222 g/mol. The van der Waals surface area contributed by atoms with Crippen molar-refractivity contribution in [3.05, 3.63) is 39.9 Å². The first kappa shape index (κ1) is 12.6. The molecule has 0 spiro atoms. The van der Waals surface area contributed by atoms with E-state index in [2.05, 4.69) is 19.2 Å². The fraction of sp³-hybridized carbons (Fsp3) is 0.500. The van der Waals surface area contributed by atoms with Crippen molar-refractivity contribution in [2.45, 2.75) is 32.7 Å². The Kier molecular flexibility index (Phi) is 4.92. The third kappa shape index (κ3) is 3.98. The van der Waals surface area contributed by atoms with Crippen LogP contribution in [0.5, 0.6) is 0 Å². The maximum atomic E-state index is 10.5. The lowest BCUT2D eigenvalue weighted by Gasteiger charge is -2.12. The Morgan fingerprint density at radius 2 is 2.00 bits per heavy atom.